The van der Waals surface area contributed by atoms with Crippen molar-refractivity contribution in [1.29, 1.82) is 0 Å². The van der Waals surface area contributed by atoms with E-state index >= 15 is 0 Å². The van der Waals surface area contributed by atoms with Gasteiger partial charge in [0, 0.05) is 28.6 Å². The lowest BCUT2D eigenvalue weighted by Gasteiger charge is -2.35. The molecule has 4 heterocycles. The Kier molecular flexibility index (Phi) is 9.57. The molecule has 1 N–H and O–H groups in total. The first-order valence-electron chi connectivity index (χ1n) is 16.6. The van der Waals surface area contributed by atoms with E-state index in [4.69, 9.17) is 28.7 Å². The smallest absolute Gasteiger partial charge is 0.457 e. The summed E-state index contributed by atoms with van der Waals surface area (Å²) >= 11 is 0. The van der Waals surface area contributed by atoms with Crippen molar-refractivity contribution in [2.24, 2.45) is 0 Å². The fourth-order valence-corrected chi connectivity index (χ4v) is 6.10. The molecule has 1 amide bonds. The van der Waals surface area contributed by atoms with Gasteiger partial charge >= 0.3 is 24.2 Å². The largest absolute Gasteiger partial charge is 0.514 e. The molecule has 2 aromatic heterocycles. The Balaban J connectivity index is 1.50. The van der Waals surface area contributed by atoms with Crippen molar-refractivity contribution in [3.63, 3.8) is 0 Å². The van der Waals surface area contributed by atoms with Gasteiger partial charge in [0.1, 0.15) is 23.6 Å². The van der Waals surface area contributed by atoms with Gasteiger partial charge in [-0.05, 0) is 91.1 Å². The molecule has 13 heteroatoms. The molecular weight excluding hydrogens is 646 g/mol. The number of nitrogens with one attached hydrogen (secondary N) is 1. The van der Waals surface area contributed by atoms with Crippen LogP contribution in [0.15, 0.2) is 41.2 Å². The molecule has 3 aromatic rings. The molecule has 5 rings (SSSR count). The van der Waals surface area contributed by atoms with Crippen molar-refractivity contribution in [3.8, 4) is 17.1 Å². The number of nitrogens with zero attached hydrogens (tertiary/aromatic N) is 2. The van der Waals surface area contributed by atoms with Crippen LogP contribution in [0, 0.1) is 0 Å². The highest BCUT2D eigenvalue weighted by molar-refractivity contribution is 5.92. The molecule has 13 nitrogen and oxygen atoms in total. The number of hydrogen-bond donors (Lipinski definition) is 1. The number of aryl methyl sites for hydroxylation is 1. The molecule has 0 fully saturated rings. The third-order valence-electron chi connectivity index (χ3n) is 8.23. The maximum Gasteiger partial charge on any atom is 0.514 e. The zero-order chi connectivity index (χ0) is 36.8. The van der Waals surface area contributed by atoms with Crippen LogP contribution >= 0.6 is 0 Å². The van der Waals surface area contributed by atoms with E-state index in [9.17, 15) is 24.0 Å². The normalized spacial score (nSPS) is 17.3. The Hall–Kier alpha value is -5.20. The van der Waals surface area contributed by atoms with Crippen LogP contribution in [0.5, 0.6) is 5.75 Å². The third kappa shape index (κ3) is 7.22. The van der Waals surface area contributed by atoms with E-state index < -0.39 is 47.0 Å². The zero-order valence-electron chi connectivity index (χ0n) is 29.8. The fourth-order valence-electron chi connectivity index (χ4n) is 6.10. The van der Waals surface area contributed by atoms with E-state index in [2.05, 4.69) is 5.32 Å². The highest BCUT2D eigenvalue weighted by atomic mass is 16.7. The lowest BCUT2D eigenvalue weighted by Crippen LogP contribution is -2.47. The average molecular weight is 690 g/mol. The van der Waals surface area contributed by atoms with Gasteiger partial charge < -0.3 is 33.6 Å². The summed E-state index contributed by atoms with van der Waals surface area (Å²) in [6.45, 7) is 15.7. The lowest BCUT2D eigenvalue weighted by atomic mass is 9.85. The summed E-state index contributed by atoms with van der Waals surface area (Å²) in [5.41, 5.74) is 0.126. The van der Waals surface area contributed by atoms with Gasteiger partial charge in [-0.3, -0.25) is 4.79 Å². The summed E-state index contributed by atoms with van der Waals surface area (Å²) < 4.78 is 28.8. The van der Waals surface area contributed by atoms with E-state index in [1.807, 2.05) is 6.92 Å². The zero-order valence-corrected chi connectivity index (χ0v) is 29.8. The molecule has 0 unspecified atom stereocenters. The summed E-state index contributed by atoms with van der Waals surface area (Å²) in [7, 11) is 0. The molecule has 0 aliphatic carbocycles. The lowest BCUT2D eigenvalue weighted by molar-refractivity contribution is -0.186. The van der Waals surface area contributed by atoms with Crippen LogP contribution in [0.3, 0.4) is 0 Å². The van der Waals surface area contributed by atoms with Gasteiger partial charge in [-0.15, -0.1) is 0 Å². The Morgan fingerprint density at radius 2 is 1.74 bits per heavy atom. The van der Waals surface area contributed by atoms with Crippen molar-refractivity contribution in [1.82, 2.24) is 14.9 Å². The van der Waals surface area contributed by atoms with Crippen molar-refractivity contribution >= 4 is 35.1 Å². The summed E-state index contributed by atoms with van der Waals surface area (Å²) in [5, 5.41) is 3.36. The number of benzene rings is 1. The minimum absolute atomic E-state index is 0.00827. The first-order valence-corrected chi connectivity index (χ1v) is 16.6. The minimum atomic E-state index is -1.90. The van der Waals surface area contributed by atoms with E-state index in [0.717, 1.165) is 22.6 Å². The molecule has 2 aliphatic rings. The molecule has 0 radical (unpaired) electrons. The van der Waals surface area contributed by atoms with E-state index in [0.29, 0.717) is 29.1 Å². The van der Waals surface area contributed by atoms with Crippen LogP contribution in [0.4, 0.5) is 9.59 Å². The quantitative estimate of drug-likeness (QED) is 0.105. The summed E-state index contributed by atoms with van der Waals surface area (Å²) in [4.78, 5) is 70.0. The van der Waals surface area contributed by atoms with Gasteiger partial charge in [0.2, 0.25) is 5.60 Å². The molecular formula is C37H43N3O10. The number of esters is 2. The second-order valence-electron chi connectivity index (χ2n) is 14.3. The maximum atomic E-state index is 14.0. The van der Waals surface area contributed by atoms with Crippen LogP contribution in [0.2, 0.25) is 0 Å². The highest BCUT2D eigenvalue weighted by Crippen LogP contribution is 2.42. The van der Waals surface area contributed by atoms with E-state index in [-0.39, 0.29) is 36.3 Å². The predicted molar refractivity (Wildman–Crippen MR) is 183 cm³/mol. The fraction of sp³-hybridized carbons (Fsp3) is 0.459. The van der Waals surface area contributed by atoms with E-state index in [1.54, 1.807) is 84.2 Å². The number of fused-ring (bicyclic) bond motifs is 5. The number of rotatable bonds is 7. The molecule has 0 bridgehead atoms. The topological polar surface area (TPSA) is 161 Å². The Morgan fingerprint density at radius 1 is 1.04 bits per heavy atom. The van der Waals surface area contributed by atoms with Gasteiger partial charge in [0.25, 0.3) is 5.56 Å². The van der Waals surface area contributed by atoms with Gasteiger partial charge in [0.15, 0.2) is 0 Å². The first kappa shape index (κ1) is 36.1. The Bertz CT molecular complexity index is 1980. The summed E-state index contributed by atoms with van der Waals surface area (Å²) in [5.74, 6) is -1.37. The molecule has 2 aliphatic heterocycles. The number of pyridine rings is 2. The molecule has 0 saturated heterocycles. The third-order valence-corrected chi connectivity index (χ3v) is 8.23. The number of carbonyl (C=O) groups excluding carboxylic acids is 4. The van der Waals surface area contributed by atoms with Gasteiger partial charge in [-0.1, -0.05) is 19.9 Å². The van der Waals surface area contributed by atoms with Crippen molar-refractivity contribution in [3.05, 3.63) is 69.0 Å². The maximum absolute atomic E-state index is 14.0. The molecule has 2 atom stereocenters. The number of cyclic esters (lactones) is 1. The number of amides is 1. The summed E-state index contributed by atoms with van der Waals surface area (Å²) in [6.07, 6.45) is 1.61. The van der Waals surface area contributed by atoms with E-state index in [1.165, 1.54) is 6.08 Å². The van der Waals surface area contributed by atoms with Crippen molar-refractivity contribution in [2.75, 3.05) is 0 Å². The minimum Gasteiger partial charge on any atom is -0.457 e. The van der Waals surface area contributed by atoms with Gasteiger partial charge in [-0.25, -0.2) is 24.2 Å². The second kappa shape index (κ2) is 13.3. The van der Waals surface area contributed by atoms with Gasteiger partial charge in [0.05, 0.1) is 29.0 Å². The molecule has 266 valence electrons. The molecule has 50 heavy (non-hydrogen) atoms. The second-order valence-corrected chi connectivity index (χ2v) is 14.3. The van der Waals surface area contributed by atoms with Crippen LogP contribution in [-0.2, 0) is 53.7 Å². The van der Waals surface area contributed by atoms with Crippen molar-refractivity contribution < 1.29 is 42.9 Å². The summed E-state index contributed by atoms with van der Waals surface area (Å²) in [6, 6.07) is 6.17. The van der Waals surface area contributed by atoms with Crippen molar-refractivity contribution in [2.45, 2.75) is 111 Å². The monoisotopic (exact) mass is 689 g/mol. The number of aromatic nitrogens is 2. The highest BCUT2D eigenvalue weighted by Gasteiger charge is 2.50. The first-order chi connectivity index (χ1) is 23.4. The Morgan fingerprint density at radius 3 is 2.38 bits per heavy atom. The van der Waals surface area contributed by atoms with Crippen LogP contribution in [-0.4, -0.2) is 51.0 Å². The van der Waals surface area contributed by atoms with Crippen LogP contribution < -0.4 is 15.6 Å². The SMILES string of the molecule is CCc1c2c(nc3ccc(OC(=O)OC(C)(C)C)cc13)-c1cc3c(c(=O)n1C2)COC(=O)[C@@]3(CC)OC(=O)/C=C/[C@H](C)NC(=O)OC(C)(C)C. The number of ether oxygens (including phenoxy) is 5. The Labute approximate surface area is 289 Å². The van der Waals surface area contributed by atoms with Crippen LogP contribution in [0.1, 0.15) is 91.0 Å². The van der Waals surface area contributed by atoms with Gasteiger partial charge in [-0.2, -0.15) is 0 Å². The van der Waals surface area contributed by atoms with Crippen LogP contribution in [0.25, 0.3) is 22.3 Å². The molecule has 1 aromatic carbocycles. The number of hydrogen-bond acceptors (Lipinski definition) is 11. The predicted octanol–water partition coefficient (Wildman–Crippen LogP) is 5.98. The number of alkyl carbamates (subject to hydrolysis) is 1. The average Bonchev–Trinajstić information content (AvgIpc) is 3.37. The number of carbonyl (C=O) groups is 4. The molecule has 0 spiro atoms. The standard InChI is InChI=1S/C37H43N3O10/c1-10-22-23-16-21(47-34(45)50-36(7,8)9)13-14-27(23)39-30-24(22)18-40-28(30)17-26-25(31(40)42)19-46-32(43)37(26,11-2)48-29(41)15-12-20(3)38-33(44)49-35(4,5)6/h12-17,20H,10-11,18-19H2,1-9H3,(H,38,44)/b15-12+/t20-,37-/m0/s1. The molecule has 0 saturated carbocycles.